The first-order chi connectivity index (χ1) is 16.4. The van der Waals surface area contributed by atoms with Crippen LogP contribution in [0.1, 0.15) is 23.4 Å². The third kappa shape index (κ3) is 4.00. The number of hydrogen-bond donors (Lipinski definition) is 0. The number of aryl methyl sites for hydroxylation is 1. The molecule has 0 N–H and O–H groups in total. The van der Waals surface area contributed by atoms with Crippen LogP contribution in [0.4, 0.5) is 5.69 Å². The maximum atomic E-state index is 13.3. The number of benzene rings is 2. The molecule has 3 heterocycles. The lowest BCUT2D eigenvalue weighted by Gasteiger charge is -2.23. The van der Waals surface area contributed by atoms with Crippen molar-refractivity contribution in [2.75, 3.05) is 31.7 Å². The third-order valence-corrected chi connectivity index (χ3v) is 6.53. The lowest BCUT2D eigenvalue weighted by atomic mass is 10.1. The second-order valence-corrected chi connectivity index (χ2v) is 8.82. The van der Waals surface area contributed by atoms with Crippen LogP contribution >= 0.6 is 0 Å². The number of hydrogen-bond acceptors (Lipinski definition) is 5. The Morgan fingerprint density at radius 2 is 1.79 bits per heavy atom. The van der Waals surface area contributed by atoms with Gasteiger partial charge in [-0.1, -0.05) is 18.2 Å². The minimum Gasteiger partial charge on any atom is -0.486 e. The highest BCUT2D eigenvalue weighted by Gasteiger charge is 2.37. The summed E-state index contributed by atoms with van der Waals surface area (Å²) in [5.41, 5.74) is 4.63. The average molecular weight is 461 g/mol. The van der Waals surface area contributed by atoms with E-state index >= 15 is 0 Å². The monoisotopic (exact) mass is 460 g/mol. The summed E-state index contributed by atoms with van der Waals surface area (Å²) < 4.78 is 13.1. The average Bonchev–Trinajstić information content (AvgIpc) is 3.38. The van der Waals surface area contributed by atoms with Crippen LogP contribution in [0.15, 0.2) is 48.5 Å². The highest BCUT2D eigenvalue weighted by Crippen LogP contribution is 2.36. The van der Waals surface area contributed by atoms with E-state index in [0.717, 1.165) is 28.3 Å². The van der Waals surface area contributed by atoms with E-state index < -0.39 is 5.92 Å². The lowest BCUT2D eigenvalue weighted by molar-refractivity contribution is -0.135. The van der Waals surface area contributed by atoms with Crippen LogP contribution in [-0.2, 0) is 16.1 Å². The van der Waals surface area contributed by atoms with Gasteiger partial charge in [-0.3, -0.25) is 9.59 Å². The quantitative estimate of drug-likeness (QED) is 0.584. The molecular weight excluding hydrogens is 432 g/mol. The van der Waals surface area contributed by atoms with Crippen molar-refractivity contribution < 1.29 is 19.1 Å². The fourth-order valence-corrected chi connectivity index (χ4v) is 4.67. The van der Waals surface area contributed by atoms with Crippen LogP contribution in [-0.4, -0.2) is 53.3 Å². The van der Waals surface area contributed by atoms with Crippen LogP contribution in [0.3, 0.4) is 0 Å². The Balaban J connectivity index is 1.29. The van der Waals surface area contributed by atoms with Crippen molar-refractivity contribution in [2.45, 2.75) is 26.8 Å². The summed E-state index contributed by atoms with van der Waals surface area (Å²) in [6, 6.07) is 15.4. The van der Waals surface area contributed by atoms with Gasteiger partial charge in [-0.05, 0) is 38.1 Å². The van der Waals surface area contributed by atoms with Crippen LogP contribution in [0, 0.1) is 19.8 Å². The number of carbonyl (C=O) groups excluding carboxylic acids is 2. The van der Waals surface area contributed by atoms with Gasteiger partial charge in [0.25, 0.3) is 0 Å². The summed E-state index contributed by atoms with van der Waals surface area (Å²) in [5, 5.41) is 4.68. The van der Waals surface area contributed by atoms with Crippen LogP contribution in [0.25, 0.3) is 5.69 Å². The number of carbonyl (C=O) groups is 2. The van der Waals surface area contributed by atoms with Crippen molar-refractivity contribution in [3.63, 3.8) is 0 Å². The van der Waals surface area contributed by atoms with Crippen LogP contribution in [0.5, 0.6) is 11.5 Å². The summed E-state index contributed by atoms with van der Waals surface area (Å²) in [6.45, 7) is 5.77. The molecule has 1 aromatic heterocycles. The Bertz CT molecular complexity index is 1240. The molecule has 1 saturated heterocycles. The van der Waals surface area contributed by atoms with Crippen molar-refractivity contribution in [2.24, 2.45) is 5.92 Å². The number of aromatic nitrogens is 2. The van der Waals surface area contributed by atoms with Crippen LogP contribution in [0.2, 0.25) is 0 Å². The van der Waals surface area contributed by atoms with Gasteiger partial charge >= 0.3 is 0 Å². The van der Waals surface area contributed by atoms with Gasteiger partial charge in [0.2, 0.25) is 11.8 Å². The molecule has 0 unspecified atom stereocenters. The molecule has 0 bridgehead atoms. The van der Waals surface area contributed by atoms with Crippen molar-refractivity contribution in [3.8, 4) is 17.2 Å². The maximum Gasteiger partial charge on any atom is 0.228 e. The van der Waals surface area contributed by atoms with Crippen molar-refractivity contribution in [1.29, 1.82) is 0 Å². The minimum absolute atomic E-state index is 0.0420. The molecule has 1 atom stereocenters. The molecular formula is C26H28N4O4. The first kappa shape index (κ1) is 22.0. The Labute approximate surface area is 198 Å². The van der Waals surface area contributed by atoms with Crippen molar-refractivity contribution in [3.05, 3.63) is 65.5 Å². The van der Waals surface area contributed by atoms with Gasteiger partial charge in [-0.2, -0.15) is 5.10 Å². The molecule has 34 heavy (non-hydrogen) atoms. The summed E-state index contributed by atoms with van der Waals surface area (Å²) in [4.78, 5) is 29.4. The number of ether oxygens (including phenoxy) is 2. The predicted molar refractivity (Wildman–Crippen MR) is 127 cm³/mol. The van der Waals surface area contributed by atoms with Crippen molar-refractivity contribution in [1.82, 2.24) is 14.7 Å². The van der Waals surface area contributed by atoms with Crippen LogP contribution < -0.4 is 14.4 Å². The molecule has 2 amide bonds. The molecule has 8 heteroatoms. The molecule has 0 radical (unpaired) electrons. The largest absolute Gasteiger partial charge is 0.486 e. The van der Waals surface area contributed by atoms with Crippen molar-refractivity contribution >= 4 is 17.5 Å². The summed E-state index contributed by atoms with van der Waals surface area (Å²) in [5.74, 6) is 0.809. The highest BCUT2D eigenvalue weighted by atomic mass is 16.6. The predicted octanol–water partition coefficient (Wildman–Crippen LogP) is 3.27. The number of amides is 2. The molecule has 5 rings (SSSR count). The maximum absolute atomic E-state index is 13.3. The topological polar surface area (TPSA) is 76.9 Å². The molecule has 1 fully saturated rings. The zero-order valence-corrected chi connectivity index (χ0v) is 19.7. The highest BCUT2D eigenvalue weighted by molar-refractivity contribution is 6.00. The summed E-state index contributed by atoms with van der Waals surface area (Å²) in [6.07, 6.45) is 0.193. The van der Waals surface area contributed by atoms with E-state index in [-0.39, 0.29) is 18.2 Å². The molecule has 2 aliphatic heterocycles. The molecule has 2 aliphatic rings. The fourth-order valence-electron chi connectivity index (χ4n) is 4.67. The van der Waals surface area contributed by atoms with Gasteiger partial charge in [0.1, 0.15) is 13.2 Å². The normalized spacial score (nSPS) is 17.2. The first-order valence-electron chi connectivity index (χ1n) is 11.5. The van der Waals surface area contributed by atoms with Gasteiger partial charge in [0, 0.05) is 49.6 Å². The molecule has 176 valence electrons. The Hall–Kier alpha value is -3.81. The third-order valence-electron chi connectivity index (χ3n) is 6.53. The molecule has 0 saturated carbocycles. The van der Waals surface area contributed by atoms with E-state index in [9.17, 15) is 9.59 Å². The molecule has 0 spiro atoms. The summed E-state index contributed by atoms with van der Waals surface area (Å²) in [7, 11) is 1.79. The molecule has 2 aromatic carbocycles. The zero-order valence-electron chi connectivity index (χ0n) is 19.7. The first-order valence-corrected chi connectivity index (χ1v) is 11.5. The second-order valence-electron chi connectivity index (χ2n) is 8.82. The van der Waals surface area contributed by atoms with Gasteiger partial charge in [0.15, 0.2) is 11.5 Å². The van der Waals surface area contributed by atoms with Gasteiger partial charge in [-0.15, -0.1) is 0 Å². The SMILES string of the molecule is Cc1nn(-c2ccccc2)c(C)c1CN(C)C(=O)[C@H]1CC(=O)N(c2ccc3c(c2)OCCO3)C1. The van der Waals surface area contributed by atoms with E-state index in [2.05, 4.69) is 5.10 Å². The number of anilines is 1. The number of para-hydroxylation sites is 1. The Kier molecular flexibility index (Phi) is 5.73. The van der Waals surface area contributed by atoms with E-state index in [1.807, 2.05) is 67.1 Å². The van der Waals surface area contributed by atoms with E-state index in [1.54, 1.807) is 16.8 Å². The Morgan fingerprint density at radius 1 is 1.06 bits per heavy atom. The number of nitrogens with zero attached hydrogens (tertiary/aromatic N) is 4. The van der Waals surface area contributed by atoms with Gasteiger partial charge in [0.05, 0.1) is 17.3 Å². The van der Waals surface area contributed by atoms with E-state index in [0.29, 0.717) is 37.8 Å². The summed E-state index contributed by atoms with van der Waals surface area (Å²) >= 11 is 0. The second kappa shape index (κ2) is 8.85. The Morgan fingerprint density at radius 3 is 2.56 bits per heavy atom. The minimum atomic E-state index is -0.393. The molecule has 0 aliphatic carbocycles. The molecule has 3 aromatic rings. The number of fused-ring (bicyclic) bond motifs is 1. The lowest BCUT2D eigenvalue weighted by Crippen LogP contribution is -2.34. The van der Waals surface area contributed by atoms with Gasteiger partial charge < -0.3 is 19.3 Å². The van der Waals surface area contributed by atoms with E-state index in [1.165, 1.54) is 0 Å². The smallest absolute Gasteiger partial charge is 0.228 e. The standard InChI is InChI=1S/C26H28N4O4/c1-17-22(18(2)30(27-17)20-7-5-4-6-8-20)16-28(3)26(32)19-13-25(31)29(15-19)21-9-10-23-24(14-21)34-12-11-33-23/h4-10,14,19H,11-13,15-16H2,1-3H3/t19-/m0/s1. The van der Waals surface area contributed by atoms with E-state index in [4.69, 9.17) is 9.47 Å². The van der Waals surface area contributed by atoms with Gasteiger partial charge in [-0.25, -0.2) is 4.68 Å². The number of rotatable bonds is 5. The zero-order chi connectivity index (χ0) is 23.8. The molecule has 8 nitrogen and oxygen atoms in total. The fraction of sp³-hybridized carbons (Fsp3) is 0.346.